The molecule has 0 aliphatic carbocycles. The first kappa shape index (κ1) is 17.4. The van der Waals surface area contributed by atoms with Crippen molar-refractivity contribution < 1.29 is 19.4 Å². The van der Waals surface area contributed by atoms with Crippen LogP contribution in [0.15, 0.2) is 24.3 Å². The molecule has 0 fully saturated rings. The summed E-state index contributed by atoms with van der Waals surface area (Å²) in [5, 5.41) is 11.5. The molecule has 0 saturated carbocycles. The average Bonchev–Trinajstić information content (AvgIpc) is 2.43. The second-order valence-electron chi connectivity index (χ2n) is 4.65. The first-order valence-corrected chi connectivity index (χ1v) is 8.13. The molecule has 6 heteroatoms. The van der Waals surface area contributed by atoms with E-state index in [0.29, 0.717) is 17.9 Å². The van der Waals surface area contributed by atoms with E-state index in [1.54, 1.807) is 11.8 Å². The highest BCUT2D eigenvalue weighted by Gasteiger charge is 2.19. The molecule has 0 bridgehead atoms. The summed E-state index contributed by atoms with van der Waals surface area (Å²) in [6.45, 7) is 2.19. The summed E-state index contributed by atoms with van der Waals surface area (Å²) in [5.74, 6) is 0.0879. The van der Waals surface area contributed by atoms with Gasteiger partial charge in [0.15, 0.2) is 0 Å². The van der Waals surface area contributed by atoms with Crippen LogP contribution in [0.2, 0.25) is 0 Å². The van der Waals surface area contributed by atoms with Gasteiger partial charge in [-0.2, -0.15) is 11.8 Å². The fraction of sp³-hybridized carbons (Fsp3) is 0.467. The van der Waals surface area contributed by atoms with Gasteiger partial charge in [0.25, 0.3) is 0 Å². The monoisotopic (exact) mass is 311 g/mol. The normalized spacial score (nSPS) is 11.7. The summed E-state index contributed by atoms with van der Waals surface area (Å²) >= 11 is 1.55. The van der Waals surface area contributed by atoms with E-state index in [1.165, 1.54) is 0 Å². The van der Waals surface area contributed by atoms with Gasteiger partial charge in [-0.3, -0.25) is 4.79 Å². The molecule has 1 atom stereocenters. The molecule has 2 N–H and O–H groups in total. The summed E-state index contributed by atoms with van der Waals surface area (Å²) in [6, 6.07) is 6.72. The maximum absolute atomic E-state index is 11.7. The lowest BCUT2D eigenvalue weighted by Gasteiger charge is -2.14. The van der Waals surface area contributed by atoms with E-state index in [9.17, 15) is 9.59 Å². The maximum atomic E-state index is 11.7. The highest BCUT2D eigenvalue weighted by Crippen LogP contribution is 2.12. The molecule has 0 saturated heterocycles. The molecule has 21 heavy (non-hydrogen) atoms. The van der Waals surface area contributed by atoms with E-state index in [-0.39, 0.29) is 18.9 Å². The zero-order chi connectivity index (χ0) is 15.7. The Bertz CT molecular complexity index is 478. The number of rotatable bonds is 9. The number of aryl methyl sites for hydroxylation is 1. The summed E-state index contributed by atoms with van der Waals surface area (Å²) in [4.78, 5) is 22.7. The Morgan fingerprint density at radius 1 is 1.43 bits per heavy atom. The number of hydrogen-bond acceptors (Lipinski definition) is 4. The van der Waals surface area contributed by atoms with E-state index in [4.69, 9.17) is 9.84 Å². The van der Waals surface area contributed by atoms with Crippen molar-refractivity contribution in [2.75, 3.05) is 18.6 Å². The Morgan fingerprint density at radius 3 is 2.81 bits per heavy atom. The molecular formula is C15H21NO4S. The number of thioether (sulfide) groups is 1. The van der Waals surface area contributed by atoms with Crippen LogP contribution in [0.4, 0.5) is 0 Å². The lowest BCUT2D eigenvalue weighted by molar-refractivity contribution is -0.141. The number of carboxylic acids is 1. The number of carbonyl (C=O) groups excluding carboxylic acids is 1. The second kappa shape index (κ2) is 9.28. The molecule has 0 radical (unpaired) electrons. The van der Waals surface area contributed by atoms with Crippen molar-refractivity contribution in [1.29, 1.82) is 0 Å². The molecule has 1 rings (SSSR count). The molecule has 0 aromatic heterocycles. The van der Waals surface area contributed by atoms with Crippen LogP contribution in [0.25, 0.3) is 0 Å². The van der Waals surface area contributed by atoms with Crippen molar-refractivity contribution in [2.24, 2.45) is 0 Å². The molecule has 116 valence electrons. The SMILES string of the molecule is CSCC[C@@H](NC(=O)CCOc1cccc(C)c1)C(=O)O. The van der Waals surface area contributed by atoms with Gasteiger partial charge in [0, 0.05) is 0 Å². The number of ether oxygens (including phenoxy) is 1. The van der Waals surface area contributed by atoms with Crippen LogP contribution < -0.4 is 10.1 Å². The van der Waals surface area contributed by atoms with Crippen molar-refractivity contribution in [2.45, 2.75) is 25.8 Å². The summed E-state index contributed by atoms with van der Waals surface area (Å²) < 4.78 is 5.47. The Labute approximate surface area is 129 Å². The van der Waals surface area contributed by atoms with Gasteiger partial charge in [0.05, 0.1) is 13.0 Å². The van der Waals surface area contributed by atoms with E-state index in [1.807, 2.05) is 37.4 Å². The lowest BCUT2D eigenvalue weighted by Crippen LogP contribution is -2.41. The quantitative estimate of drug-likeness (QED) is 0.730. The minimum Gasteiger partial charge on any atom is -0.493 e. The molecule has 0 heterocycles. The topological polar surface area (TPSA) is 75.6 Å². The number of amides is 1. The smallest absolute Gasteiger partial charge is 0.326 e. The third kappa shape index (κ3) is 7.04. The van der Waals surface area contributed by atoms with Crippen LogP contribution in [0.5, 0.6) is 5.75 Å². The standard InChI is InChI=1S/C15H21NO4S/c1-11-4-3-5-12(10-11)20-8-6-14(17)16-13(15(18)19)7-9-21-2/h3-5,10,13H,6-9H2,1-2H3,(H,16,17)(H,18,19)/t13-/m1/s1. The fourth-order valence-electron chi connectivity index (χ4n) is 1.73. The van der Waals surface area contributed by atoms with Gasteiger partial charge >= 0.3 is 5.97 Å². The van der Waals surface area contributed by atoms with E-state index in [0.717, 1.165) is 5.56 Å². The van der Waals surface area contributed by atoms with Gasteiger partial charge in [0.2, 0.25) is 5.91 Å². The van der Waals surface area contributed by atoms with Crippen LogP contribution in [-0.4, -0.2) is 41.6 Å². The average molecular weight is 311 g/mol. The Kier molecular flexibility index (Phi) is 7.68. The van der Waals surface area contributed by atoms with Crippen LogP contribution in [0.1, 0.15) is 18.4 Å². The molecule has 1 aromatic carbocycles. The number of aliphatic carboxylic acids is 1. The predicted octanol–water partition coefficient (Wildman–Crippen LogP) is 2.09. The largest absolute Gasteiger partial charge is 0.493 e. The minimum absolute atomic E-state index is 0.136. The molecule has 0 spiro atoms. The summed E-state index contributed by atoms with van der Waals surface area (Å²) in [6.07, 6.45) is 2.45. The zero-order valence-corrected chi connectivity index (χ0v) is 13.1. The predicted molar refractivity (Wildman–Crippen MR) is 83.9 cm³/mol. The summed E-state index contributed by atoms with van der Waals surface area (Å²) in [5.41, 5.74) is 1.08. The molecular weight excluding hydrogens is 290 g/mol. The molecule has 1 aromatic rings. The first-order valence-electron chi connectivity index (χ1n) is 6.73. The van der Waals surface area contributed by atoms with Gasteiger partial charge in [-0.1, -0.05) is 12.1 Å². The molecule has 1 amide bonds. The van der Waals surface area contributed by atoms with Crippen LogP contribution in [0.3, 0.4) is 0 Å². The minimum atomic E-state index is -1.00. The van der Waals surface area contributed by atoms with Gasteiger partial charge < -0.3 is 15.2 Å². The van der Waals surface area contributed by atoms with E-state index < -0.39 is 12.0 Å². The maximum Gasteiger partial charge on any atom is 0.326 e. The number of carbonyl (C=O) groups is 2. The molecule has 0 aliphatic rings. The van der Waals surface area contributed by atoms with Crippen LogP contribution in [0, 0.1) is 6.92 Å². The van der Waals surface area contributed by atoms with E-state index >= 15 is 0 Å². The second-order valence-corrected chi connectivity index (χ2v) is 5.64. The highest BCUT2D eigenvalue weighted by molar-refractivity contribution is 7.98. The van der Waals surface area contributed by atoms with Gasteiger partial charge in [-0.05, 0) is 43.0 Å². The van der Waals surface area contributed by atoms with Crippen molar-refractivity contribution in [1.82, 2.24) is 5.32 Å². The first-order chi connectivity index (χ1) is 10.0. The molecule has 0 unspecified atom stereocenters. The Morgan fingerprint density at radius 2 is 2.19 bits per heavy atom. The van der Waals surface area contributed by atoms with Crippen LogP contribution >= 0.6 is 11.8 Å². The Hall–Kier alpha value is -1.69. The molecule has 5 nitrogen and oxygen atoms in total. The number of carboxylic acid groups (broad SMARTS) is 1. The van der Waals surface area contributed by atoms with Gasteiger partial charge in [0.1, 0.15) is 11.8 Å². The Balaban J connectivity index is 2.34. The number of nitrogens with one attached hydrogen (secondary N) is 1. The fourth-order valence-corrected chi connectivity index (χ4v) is 2.20. The lowest BCUT2D eigenvalue weighted by atomic mass is 10.2. The highest BCUT2D eigenvalue weighted by atomic mass is 32.2. The van der Waals surface area contributed by atoms with Crippen molar-refractivity contribution in [3.63, 3.8) is 0 Å². The van der Waals surface area contributed by atoms with Crippen molar-refractivity contribution in [3.8, 4) is 5.75 Å². The van der Waals surface area contributed by atoms with Gasteiger partial charge in [-0.25, -0.2) is 4.79 Å². The number of hydrogen-bond donors (Lipinski definition) is 2. The van der Waals surface area contributed by atoms with Crippen LogP contribution in [-0.2, 0) is 9.59 Å². The summed E-state index contributed by atoms with van der Waals surface area (Å²) in [7, 11) is 0. The number of benzene rings is 1. The van der Waals surface area contributed by atoms with Gasteiger partial charge in [-0.15, -0.1) is 0 Å². The molecule has 0 aliphatic heterocycles. The van der Waals surface area contributed by atoms with Crippen molar-refractivity contribution >= 4 is 23.6 Å². The van der Waals surface area contributed by atoms with E-state index in [2.05, 4.69) is 5.32 Å². The zero-order valence-electron chi connectivity index (χ0n) is 12.3. The van der Waals surface area contributed by atoms with Crippen molar-refractivity contribution in [3.05, 3.63) is 29.8 Å². The third-order valence-corrected chi connectivity index (χ3v) is 3.48. The third-order valence-electron chi connectivity index (χ3n) is 2.83.